The number of nitrogens with zero attached hydrogens (tertiary/aromatic N) is 1. The van der Waals surface area contributed by atoms with Crippen molar-refractivity contribution in [3.8, 4) is 23.0 Å². The number of benzene rings is 2. The molecule has 2 aromatic carbocycles. The summed E-state index contributed by atoms with van der Waals surface area (Å²) in [4.78, 5) is 26.4. The van der Waals surface area contributed by atoms with E-state index in [1.54, 1.807) is 30.3 Å². The van der Waals surface area contributed by atoms with Crippen LogP contribution in [0.25, 0.3) is 5.57 Å². The van der Waals surface area contributed by atoms with Crippen molar-refractivity contribution in [1.82, 2.24) is 4.90 Å². The number of hydrogen-bond donors (Lipinski definition) is 1. The highest BCUT2D eigenvalue weighted by atomic mass is 16.5. The van der Waals surface area contributed by atoms with E-state index in [1.807, 2.05) is 0 Å². The lowest BCUT2D eigenvalue weighted by atomic mass is 10.0. The van der Waals surface area contributed by atoms with Gasteiger partial charge in [-0.1, -0.05) is 12.1 Å². The predicted molar refractivity (Wildman–Crippen MR) is 104 cm³/mol. The summed E-state index contributed by atoms with van der Waals surface area (Å²) in [5.74, 6) is -0.130. The Balaban J connectivity index is 1.91. The number of carbonyl (C=O) groups is 2. The molecule has 3 rings (SSSR count). The number of carbonyl (C=O) groups excluding carboxylic acids is 2. The zero-order valence-corrected chi connectivity index (χ0v) is 16.5. The Morgan fingerprint density at radius 1 is 0.759 bits per heavy atom. The van der Waals surface area contributed by atoms with Gasteiger partial charge in [0, 0.05) is 0 Å². The third-order valence-electron chi connectivity index (χ3n) is 4.60. The number of amides is 2. The van der Waals surface area contributed by atoms with Gasteiger partial charge in [0.1, 0.15) is 0 Å². The minimum atomic E-state index is -0.769. The molecule has 0 saturated carbocycles. The molecule has 152 valence electrons. The Hall–Kier alpha value is -3.68. The van der Waals surface area contributed by atoms with Crippen LogP contribution in [-0.2, 0) is 16.1 Å². The second kappa shape index (κ2) is 8.14. The molecule has 0 aliphatic carbocycles. The molecule has 1 N–H and O–H groups in total. The second-order valence-electron chi connectivity index (χ2n) is 6.18. The fraction of sp³-hybridized carbons (Fsp3) is 0.238. The molecular weight excluding hydrogens is 378 g/mol. The van der Waals surface area contributed by atoms with Crippen LogP contribution in [0.15, 0.2) is 42.2 Å². The summed E-state index contributed by atoms with van der Waals surface area (Å²) in [7, 11) is 5.96. The average molecular weight is 399 g/mol. The number of imide groups is 1. The van der Waals surface area contributed by atoms with Crippen LogP contribution in [0.3, 0.4) is 0 Å². The summed E-state index contributed by atoms with van der Waals surface area (Å²) in [5.41, 5.74) is 0.912. The van der Waals surface area contributed by atoms with E-state index in [-0.39, 0.29) is 12.1 Å². The molecule has 8 heteroatoms. The first kappa shape index (κ1) is 20.1. The lowest BCUT2D eigenvalue weighted by Crippen LogP contribution is -2.31. The molecule has 1 aliphatic rings. The van der Waals surface area contributed by atoms with Crippen LogP contribution in [0.1, 0.15) is 11.1 Å². The van der Waals surface area contributed by atoms with Gasteiger partial charge in [-0.3, -0.25) is 14.5 Å². The molecule has 1 heterocycles. The van der Waals surface area contributed by atoms with Gasteiger partial charge in [0.25, 0.3) is 11.8 Å². The van der Waals surface area contributed by atoms with Crippen molar-refractivity contribution in [3.63, 3.8) is 0 Å². The number of aliphatic hydroxyl groups is 1. The molecule has 0 unspecified atom stereocenters. The topological polar surface area (TPSA) is 94.5 Å². The molecule has 29 heavy (non-hydrogen) atoms. The number of aliphatic hydroxyl groups excluding tert-OH is 1. The number of hydrogen-bond acceptors (Lipinski definition) is 7. The Morgan fingerprint density at radius 3 is 1.90 bits per heavy atom. The van der Waals surface area contributed by atoms with Crippen molar-refractivity contribution in [1.29, 1.82) is 0 Å². The van der Waals surface area contributed by atoms with E-state index < -0.39 is 17.6 Å². The van der Waals surface area contributed by atoms with Gasteiger partial charge in [-0.2, -0.15) is 0 Å². The van der Waals surface area contributed by atoms with E-state index in [9.17, 15) is 14.7 Å². The molecule has 0 aromatic heterocycles. The van der Waals surface area contributed by atoms with E-state index in [0.29, 0.717) is 34.1 Å². The molecule has 0 bridgehead atoms. The highest BCUT2D eigenvalue weighted by molar-refractivity contribution is 6.34. The maximum Gasteiger partial charge on any atom is 0.296 e. The number of rotatable bonds is 7. The Morgan fingerprint density at radius 2 is 1.31 bits per heavy atom. The van der Waals surface area contributed by atoms with Gasteiger partial charge >= 0.3 is 0 Å². The van der Waals surface area contributed by atoms with E-state index in [0.717, 1.165) is 4.90 Å². The molecule has 2 amide bonds. The SMILES string of the molecule is COc1ccc(CN2C(=O)C(O)=C(c3ccc(OC)c(OC)c3)C2=O)cc1OC. The van der Waals surface area contributed by atoms with E-state index in [2.05, 4.69) is 0 Å². The maximum absolute atomic E-state index is 12.9. The van der Waals surface area contributed by atoms with Crippen molar-refractivity contribution >= 4 is 17.4 Å². The summed E-state index contributed by atoms with van der Waals surface area (Å²) in [6.45, 7) is -0.0289. The summed E-state index contributed by atoms with van der Waals surface area (Å²) in [5, 5.41) is 10.4. The zero-order valence-electron chi connectivity index (χ0n) is 16.5. The van der Waals surface area contributed by atoms with Crippen molar-refractivity contribution in [3.05, 3.63) is 53.3 Å². The summed E-state index contributed by atoms with van der Waals surface area (Å²) in [6.07, 6.45) is 0. The highest BCUT2D eigenvalue weighted by Gasteiger charge is 2.39. The quantitative estimate of drug-likeness (QED) is 0.715. The van der Waals surface area contributed by atoms with Gasteiger partial charge in [-0.05, 0) is 35.4 Å². The van der Waals surface area contributed by atoms with Crippen LogP contribution in [0.5, 0.6) is 23.0 Å². The van der Waals surface area contributed by atoms with Crippen LogP contribution in [0.4, 0.5) is 0 Å². The third kappa shape index (κ3) is 3.56. The van der Waals surface area contributed by atoms with Crippen LogP contribution >= 0.6 is 0 Å². The highest BCUT2D eigenvalue weighted by Crippen LogP contribution is 2.35. The molecule has 0 spiro atoms. The summed E-state index contributed by atoms with van der Waals surface area (Å²) >= 11 is 0. The van der Waals surface area contributed by atoms with Crippen molar-refractivity contribution in [2.24, 2.45) is 0 Å². The van der Waals surface area contributed by atoms with E-state index in [1.165, 1.54) is 34.5 Å². The Bertz CT molecular complexity index is 997. The van der Waals surface area contributed by atoms with Gasteiger partial charge < -0.3 is 24.1 Å². The third-order valence-corrected chi connectivity index (χ3v) is 4.60. The fourth-order valence-electron chi connectivity index (χ4n) is 3.12. The maximum atomic E-state index is 12.9. The van der Waals surface area contributed by atoms with Gasteiger partial charge in [0.2, 0.25) is 0 Å². The first-order valence-corrected chi connectivity index (χ1v) is 8.67. The molecule has 2 aromatic rings. The standard InChI is InChI=1S/C21H21NO7/c1-26-14-7-5-12(9-16(14)28-3)11-22-20(24)18(19(23)21(22)25)13-6-8-15(27-2)17(10-13)29-4/h5-10,23H,11H2,1-4H3. The molecule has 1 aliphatic heterocycles. The van der Waals surface area contributed by atoms with Gasteiger partial charge in [-0.15, -0.1) is 0 Å². The summed E-state index contributed by atoms with van der Waals surface area (Å²) in [6, 6.07) is 9.79. The van der Waals surface area contributed by atoms with Crippen LogP contribution < -0.4 is 18.9 Å². The number of methoxy groups -OCH3 is 4. The monoisotopic (exact) mass is 399 g/mol. The van der Waals surface area contributed by atoms with Crippen molar-refractivity contribution < 1.29 is 33.6 Å². The minimum absolute atomic E-state index is 0.0289. The zero-order chi connectivity index (χ0) is 21.1. The van der Waals surface area contributed by atoms with E-state index >= 15 is 0 Å². The fourth-order valence-corrected chi connectivity index (χ4v) is 3.12. The smallest absolute Gasteiger partial charge is 0.296 e. The summed E-state index contributed by atoms with van der Waals surface area (Å²) < 4.78 is 20.9. The van der Waals surface area contributed by atoms with E-state index in [4.69, 9.17) is 18.9 Å². The molecule has 0 radical (unpaired) electrons. The number of ether oxygens (including phenoxy) is 4. The Kier molecular flexibility index (Phi) is 5.63. The molecule has 8 nitrogen and oxygen atoms in total. The molecular formula is C21H21NO7. The normalized spacial score (nSPS) is 13.7. The Labute approximate surface area is 167 Å². The van der Waals surface area contributed by atoms with Gasteiger partial charge in [0.15, 0.2) is 28.8 Å². The predicted octanol–water partition coefficient (Wildman–Crippen LogP) is 2.56. The van der Waals surface area contributed by atoms with Crippen LogP contribution in [0, 0.1) is 0 Å². The molecule has 0 atom stereocenters. The minimum Gasteiger partial charge on any atom is -0.502 e. The molecule has 0 fully saturated rings. The van der Waals surface area contributed by atoms with Gasteiger partial charge in [0.05, 0.1) is 40.6 Å². The van der Waals surface area contributed by atoms with Gasteiger partial charge in [-0.25, -0.2) is 0 Å². The van der Waals surface area contributed by atoms with Crippen molar-refractivity contribution in [2.75, 3.05) is 28.4 Å². The largest absolute Gasteiger partial charge is 0.502 e. The van der Waals surface area contributed by atoms with Crippen molar-refractivity contribution in [2.45, 2.75) is 6.54 Å². The second-order valence-corrected chi connectivity index (χ2v) is 6.18. The lowest BCUT2D eigenvalue weighted by molar-refractivity contribution is -0.138. The lowest BCUT2D eigenvalue weighted by Gasteiger charge is -2.16. The first-order chi connectivity index (χ1) is 13.9. The van der Waals surface area contributed by atoms with Crippen LogP contribution in [0.2, 0.25) is 0 Å². The van der Waals surface area contributed by atoms with Crippen LogP contribution in [-0.4, -0.2) is 50.3 Å². The first-order valence-electron chi connectivity index (χ1n) is 8.67. The average Bonchev–Trinajstić information content (AvgIpc) is 2.96. The molecule has 0 saturated heterocycles.